The largest absolute Gasteiger partial charge is 0.335 e. The number of benzene rings is 2. The van der Waals surface area contributed by atoms with E-state index in [4.69, 9.17) is 11.6 Å². The standard InChI is InChI=1S/C22H22ClN3O3/c23-18-9-8-17(15-19(18)26-10-4-7-20(26)27)22(29)25-13-11-24(12-14-25)21(28)16-5-2-1-3-6-16/h1-3,5-6,8-9,15H,4,7,10-14H2. The van der Waals surface area contributed by atoms with Crippen LogP contribution < -0.4 is 4.90 Å². The molecule has 6 nitrogen and oxygen atoms in total. The highest BCUT2D eigenvalue weighted by atomic mass is 35.5. The summed E-state index contributed by atoms with van der Waals surface area (Å²) in [6.45, 7) is 2.54. The Morgan fingerprint density at radius 3 is 2.00 bits per heavy atom. The molecule has 2 aliphatic rings. The van der Waals surface area contributed by atoms with Gasteiger partial charge in [0, 0.05) is 50.3 Å². The molecule has 2 heterocycles. The molecule has 0 N–H and O–H groups in total. The summed E-state index contributed by atoms with van der Waals surface area (Å²) in [4.78, 5) is 42.8. The number of amides is 3. The first-order valence-electron chi connectivity index (χ1n) is 9.78. The van der Waals surface area contributed by atoms with E-state index in [1.165, 1.54) is 0 Å². The Kier molecular flexibility index (Phi) is 5.53. The monoisotopic (exact) mass is 411 g/mol. The summed E-state index contributed by atoms with van der Waals surface area (Å²) in [7, 11) is 0. The van der Waals surface area contributed by atoms with Crippen molar-refractivity contribution in [1.29, 1.82) is 0 Å². The minimum Gasteiger partial charge on any atom is -0.335 e. The summed E-state index contributed by atoms with van der Waals surface area (Å²) in [6, 6.07) is 14.2. The van der Waals surface area contributed by atoms with Gasteiger partial charge in [-0.1, -0.05) is 29.8 Å². The van der Waals surface area contributed by atoms with E-state index in [0.717, 1.165) is 6.42 Å². The molecule has 0 aliphatic carbocycles. The Morgan fingerprint density at radius 2 is 1.41 bits per heavy atom. The van der Waals surface area contributed by atoms with Crippen LogP contribution in [0.4, 0.5) is 5.69 Å². The Hall–Kier alpha value is -2.86. The molecule has 0 spiro atoms. The molecule has 2 aromatic rings. The van der Waals surface area contributed by atoms with Crippen LogP contribution in [0.2, 0.25) is 5.02 Å². The van der Waals surface area contributed by atoms with E-state index in [-0.39, 0.29) is 17.7 Å². The van der Waals surface area contributed by atoms with E-state index in [0.29, 0.717) is 61.0 Å². The minimum atomic E-state index is -0.110. The Morgan fingerprint density at radius 1 is 0.793 bits per heavy atom. The van der Waals surface area contributed by atoms with Crippen LogP contribution in [0.15, 0.2) is 48.5 Å². The normalized spacial score (nSPS) is 17.0. The molecule has 2 fully saturated rings. The van der Waals surface area contributed by atoms with Crippen molar-refractivity contribution < 1.29 is 14.4 Å². The second kappa shape index (κ2) is 8.25. The lowest BCUT2D eigenvalue weighted by Gasteiger charge is -2.35. The zero-order valence-electron chi connectivity index (χ0n) is 16.0. The van der Waals surface area contributed by atoms with Crippen LogP contribution in [0.5, 0.6) is 0 Å². The highest BCUT2D eigenvalue weighted by Crippen LogP contribution is 2.31. The summed E-state index contributed by atoms with van der Waals surface area (Å²) in [5.41, 5.74) is 1.76. The van der Waals surface area contributed by atoms with Crippen molar-refractivity contribution in [1.82, 2.24) is 9.80 Å². The molecule has 150 valence electrons. The van der Waals surface area contributed by atoms with E-state index in [1.807, 2.05) is 18.2 Å². The Balaban J connectivity index is 1.43. The summed E-state index contributed by atoms with van der Waals surface area (Å²) in [6.07, 6.45) is 1.30. The molecule has 0 atom stereocenters. The first kappa shape index (κ1) is 19.5. The van der Waals surface area contributed by atoms with Crippen LogP contribution >= 0.6 is 11.6 Å². The number of carbonyl (C=O) groups excluding carboxylic acids is 3. The van der Waals surface area contributed by atoms with Crippen molar-refractivity contribution in [2.24, 2.45) is 0 Å². The van der Waals surface area contributed by atoms with Gasteiger partial charge in [0.15, 0.2) is 0 Å². The molecule has 0 saturated carbocycles. The van der Waals surface area contributed by atoms with Crippen LogP contribution in [-0.4, -0.2) is 60.2 Å². The van der Waals surface area contributed by atoms with Crippen molar-refractivity contribution in [3.63, 3.8) is 0 Å². The molecule has 2 aromatic carbocycles. The molecular formula is C22H22ClN3O3. The smallest absolute Gasteiger partial charge is 0.254 e. The molecule has 0 aromatic heterocycles. The van der Waals surface area contributed by atoms with Crippen molar-refractivity contribution in [3.8, 4) is 0 Å². The Bertz CT molecular complexity index is 940. The maximum Gasteiger partial charge on any atom is 0.254 e. The van der Waals surface area contributed by atoms with Crippen molar-refractivity contribution in [2.45, 2.75) is 12.8 Å². The molecule has 29 heavy (non-hydrogen) atoms. The van der Waals surface area contributed by atoms with E-state index < -0.39 is 0 Å². The van der Waals surface area contributed by atoms with Crippen LogP contribution in [0, 0.1) is 0 Å². The zero-order chi connectivity index (χ0) is 20.4. The van der Waals surface area contributed by atoms with Crippen LogP contribution in [0.1, 0.15) is 33.6 Å². The van der Waals surface area contributed by atoms with Gasteiger partial charge in [-0.05, 0) is 36.8 Å². The predicted octanol–water partition coefficient (Wildman–Crippen LogP) is 3.07. The summed E-state index contributed by atoms with van der Waals surface area (Å²) >= 11 is 6.28. The lowest BCUT2D eigenvalue weighted by atomic mass is 10.1. The molecular weight excluding hydrogens is 390 g/mol. The van der Waals surface area contributed by atoms with Crippen molar-refractivity contribution >= 4 is 35.0 Å². The van der Waals surface area contributed by atoms with Gasteiger partial charge in [-0.3, -0.25) is 14.4 Å². The molecule has 0 bridgehead atoms. The first-order valence-corrected chi connectivity index (χ1v) is 10.2. The van der Waals surface area contributed by atoms with Crippen LogP contribution in [0.25, 0.3) is 0 Å². The number of carbonyl (C=O) groups is 3. The van der Waals surface area contributed by atoms with Gasteiger partial charge in [-0.25, -0.2) is 0 Å². The highest BCUT2D eigenvalue weighted by Gasteiger charge is 2.28. The molecule has 4 rings (SSSR count). The summed E-state index contributed by atoms with van der Waals surface area (Å²) in [5, 5.41) is 0.468. The fraction of sp³-hybridized carbons (Fsp3) is 0.318. The maximum atomic E-state index is 13.0. The SMILES string of the molecule is O=C(c1ccccc1)N1CCN(C(=O)c2ccc(Cl)c(N3CCCC3=O)c2)CC1. The molecule has 0 unspecified atom stereocenters. The number of rotatable bonds is 3. The fourth-order valence-electron chi connectivity index (χ4n) is 3.81. The highest BCUT2D eigenvalue weighted by molar-refractivity contribution is 6.34. The van der Waals surface area contributed by atoms with Gasteiger partial charge in [-0.2, -0.15) is 0 Å². The van der Waals surface area contributed by atoms with Crippen molar-refractivity contribution in [2.75, 3.05) is 37.6 Å². The number of halogens is 1. The number of piperazine rings is 1. The quantitative estimate of drug-likeness (QED) is 0.779. The fourth-order valence-corrected chi connectivity index (χ4v) is 4.03. The minimum absolute atomic E-state index is 0.0148. The topological polar surface area (TPSA) is 60.9 Å². The zero-order valence-corrected chi connectivity index (χ0v) is 16.8. The van der Waals surface area contributed by atoms with Gasteiger partial charge in [0.25, 0.3) is 11.8 Å². The third-order valence-electron chi connectivity index (χ3n) is 5.43. The third-order valence-corrected chi connectivity index (χ3v) is 5.75. The van der Waals surface area contributed by atoms with Gasteiger partial charge in [-0.15, -0.1) is 0 Å². The van der Waals surface area contributed by atoms with Gasteiger partial charge >= 0.3 is 0 Å². The number of anilines is 1. The number of hydrogen-bond acceptors (Lipinski definition) is 3. The lowest BCUT2D eigenvalue weighted by Crippen LogP contribution is -2.50. The second-order valence-electron chi connectivity index (χ2n) is 7.27. The molecule has 2 saturated heterocycles. The van der Waals surface area contributed by atoms with E-state index in [9.17, 15) is 14.4 Å². The number of hydrogen-bond donors (Lipinski definition) is 0. The van der Waals surface area contributed by atoms with E-state index >= 15 is 0 Å². The molecule has 2 aliphatic heterocycles. The maximum absolute atomic E-state index is 13.0. The van der Waals surface area contributed by atoms with Gasteiger partial charge < -0.3 is 14.7 Å². The van der Waals surface area contributed by atoms with Gasteiger partial charge in [0.05, 0.1) is 10.7 Å². The second-order valence-corrected chi connectivity index (χ2v) is 7.67. The molecule has 0 radical (unpaired) electrons. The molecule has 3 amide bonds. The summed E-state index contributed by atoms with van der Waals surface area (Å²) in [5.74, 6) is -0.0927. The first-order chi connectivity index (χ1) is 14.0. The lowest BCUT2D eigenvalue weighted by molar-refractivity contribution is -0.117. The van der Waals surface area contributed by atoms with E-state index in [2.05, 4.69) is 0 Å². The third kappa shape index (κ3) is 3.98. The van der Waals surface area contributed by atoms with Gasteiger partial charge in [0.2, 0.25) is 5.91 Å². The average Bonchev–Trinajstić information content (AvgIpc) is 3.19. The van der Waals surface area contributed by atoms with Gasteiger partial charge in [0.1, 0.15) is 0 Å². The van der Waals surface area contributed by atoms with E-state index in [1.54, 1.807) is 45.0 Å². The Labute approximate surface area is 174 Å². The molecule has 7 heteroatoms. The van der Waals surface area contributed by atoms with Crippen molar-refractivity contribution in [3.05, 3.63) is 64.7 Å². The number of nitrogens with zero attached hydrogens (tertiary/aromatic N) is 3. The van der Waals surface area contributed by atoms with Crippen LogP contribution in [-0.2, 0) is 4.79 Å². The van der Waals surface area contributed by atoms with Crippen LogP contribution in [0.3, 0.4) is 0 Å². The average molecular weight is 412 g/mol. The summed E-state index contributed by atoms with van der Waals surface area (Å²) < 4.78 is 0. The predicted molar refractivity (Wildman–Crippen MR) is 111 cm³/mol.